The van der Waals surface area contributed by atoms with Gasteiger partial charge in [-0.05, 0) is 18.4 Å². The average Bonchev–Trinajstić information content (AvgIpc) is 3.04. The predicted octanol–water partition coefficient (Wildman–Crippen LogP) is 1.42. The number of hydrogen-bond acceptors (Lipinski definition) is 7. The van der Waals surface area contributed by atoms with E-state index in [0.717, 1.165) is 4.88 Å². The summed E-state index contributed by atoms with van der Waals surface area (Å²) < 4.78 is 35.3. The number of aromatic nitrogens is 1. The molecule has 21 heavy (non-hydrogen) atoms. The Morgan fingerprint density at radius 3 is 2.90 bits per heavy atom. The maximum Gasteiger partial charge on any atom is 0.286 e. The van der Waals surface area contributed by atoms with Crippen LogP contribution in [-0.4, -0.2) is 38.8 Å². The molecule has 0 aliphatic rings. The van der Waals surface area contributed by atoms with Crippen molar-refractivity contribution in [2.75, 3.05) is 19.5 Å². The number of ether oxygens (including phenoxy) is 1. The van der Waals surface area contributed by atoms with Crippen LogP contribution in [0.3, 0.4) is 0 Å². The number of nitrogens with one attached hydrogen (secondary N) is 1. The monoisotopic (exact) mass is 330 g/mol. The summed E-state index contributed by atoms with van der Waals surface area (Å²) in [5.74, 6) is -0.556. The number of methoxy groups -OCH3 is 1. The smallest absolute Gasteiger partial charge is 0.286 e. The molecule has 0 aromatic carbocycles. The van der Waals surface area contributed by atoms with Crippen LogP contribution >= 0.6 is 11.3 Å². The highest BCUT2D eigenvalue weighted by Gasteiger charge is 2.22. The number of rotatable bonds is 6. The molecule has 2 aromatic heterocycles. The Bertz CT molecular complexity index is 719. The summed E-state index contributed by atoms with van der Waals surface area (Å²) in [6.45, 7) is 1.56. The molecule has 0 saturated heterocycles. The Kier molecular flexibility index (Phi) is 4.76. The highest BCUT2D eigenvalue weighted by Crippen LogP contribution is 2.25. The molecule has 2 aromatic rings. The summed E-state index contributed by atoms with van der Waals surface area (Å²) >= 11 is 1.41. The molecule has 9 heteroatoms. The third-order valence-corrected chi connectivity index (χ3v) is 4.61. The van der Waals surface area contributed by atoms with Crippen LogP contribution in [-0.2, 0) is 14.8 Å². The Morgan fingerprint density at radius 2 is 2.29 bits per heavy atom. The third-order valence-electron chi connectivity index (χ3n) is 2.55. The number of oxazole rings is 1. The molecule has 0 spiro atoms. The fourth-order valence-corrected chi connectivity index (χ4v) is 3.06. The lowest BCUT2D eigenvalue weighted by Gasteiger charge is -2.04. The van der Waals surface area contributed by atoms with E-state index in [1.165, 1.54) is 18.4 Å². The van der Waals surface area contributed by atoms with E-state index in [9.17, 15) is 13.2 Å². The van der Waals surface area contributed by atoms with Gasteiger partial charge >= 0.3 is 0 Å². The quantitative estimate of drug-likeness (QED) is 0.860. The first-order valence-corrected chi connectivity index (χ1v) is 8.51. The van der Waals surface area contributed by atoms with Gasteiger partial charge in [0.2, 0.25) is 15.9 Å². The molecule has 2 heterocycles. The summed E-state index contributed by atoms with van der Waals surface area (Å²) in [5.41, 5.74) is -0.0422. The Labute approximate surface area is 126 Å². The molecule has 1 N–H and O–H groups in total. The van der Waals surface area contributed by atoms with E-state index in [1.807, 2.05) is 16.2 Å². The molecule has 1 amide bonds. The first-order chi connectivity index (χ1) is 9.93. The topological polar surface area (TPSA) is 98.5 Å². The standard InChI is InChI=1S/C12H14N2O5S2/c1-8-10(11(15)14-21(16,17)7-5-18-2)13-12(19-8)9-4-3-6-20-9/h3-4,6H,5,7H2,1-2H3,(H,14,15). The molecule has 0 bridgehead atoms. The lowest BCUT2D eigenvalue weighted by Crippen LogP contribution is -2.34. The molecule has 0 fully saturated rings. The normalized spacial score (nSPS) is 11.5. The van der Waals surface area contributed by atoms with Gasteiger partial charge in [0.15, 0.2) is 5.69 Å². The van der Waals surface area contributed by atoms with Crippen LogP contribution in [0.5, 0.6) is 0 Å². The number of carbonyl (C=O) groups is 1. The Morgan fingerprint density at radius 1 is 1.52 bits per heavy atom. The summed E-state index contributed by atoms with van der Waals surface area (Å²) in [6, 6.07) is 3.63. The lowest BCUT2D eigenvalue weighted by atomic mass is 10.3. The maximum absolute atomic E-state index is 12.0. The summed E-state index contributed by atoms with van der Waals surface area (Å²) in [6.07, 6.45) is 0. The molecule has 0 unspecified atom stereocenters. The van der Waals surface area contributed by atoms with Crippen LogP contribution in [0.25, 0.3) is 10.8 Å². The molecule has 0 aliphatic carbocycles. The van der Waals surface area contributed by atoms with Crippen molar-refractivity contribution in [1.82, 2.24) is 9.71 Å². The van der Waals surface area contributed by atoms with E-state index >= 15 is 0 Å². The van der Waals surface area contributed by atoms with E-state index < -0.39 is 15.9 Å². The molecule has 114 valence electrons. The van der Waals surface area contributed by atoms with Crippen molar-refractivity contribution in [2.24, 2.45) is 0 Å². The van der Waals surface area contributed by atoms with Crippen molar-refractivity contribution in [3.63, 3.8) is 0 Å². The van der Waals surface area contributed by atoms with Crippen LogP contribution in [0.2, 0.25) is 0 Å². The summed E-state index contributed by atoms with van der Waals surface area (Å²) in [5, 5.41) is 1.85. The van der Waals surface area contributed by atoms with Crippen molar-refractivity contribution in [3.05, 3.63) is 29.0 Å². The van der Waals surface area contributed by atoms with Gasteiger partial charge in [0.05, 0.1) is 17.2 Å². The van der Waals surface area contributed by atoms with Crippen LogP contribution in [0.1, 0.15) is 16.2 Å². The van der Waals surface area contributed by atoms with Gasteiger partial charge in [0.25, 0.3) is 5.91 Å². The zero-order valence-electron chi connectivity index (χ0n) is 11.5. The molecule has 0 atom stereocenters. The van der Waals surface area contributed by atoms with Gasteiger partial charge in [-0.25, -0.2) is 18.1 Å². The molecule has 0 aliphatic heterocycles. The van der Waals surface area contributed by atoms with Crippen LogP contribution < -0.4 is 4.72 Å². The highest BCUT2D eigenvalue weighted by molar-refractivity contribution is 7.90. The van der Waals surface area contributed by atoms with Gasteiger partial charge in [0.1, 0.15) is 5.76 Å². The fourth-order valence-electron chi connectivity index (χ4n) is 1.55. The van der Waals surface area contributed by atoms with Gasteiger partial charge in [-0.15, -0.1) is 11.3 Å². The predicted molar refractivity (Wildman–Crippen MR) is 77.7 cm³/mol. The second-order valence-electron chi connectivity index (χ2n) is 4.14. The average molecular weight is 330 g/mol. The van der Waals surface area contributed by atoms with Crippen molar-refractivity contribution in [2.45, 2.75) is 6.92 Å². The van der Waals surface area contributed by atoms with Gasteiger partial charge < -0.3 is 9.15 Å². The number of nitrogens with zero attached hydrogens (tertiary/aromatic N) is 1. The molecule has 2 rings (SSSR count). The maximum atomic E-state index is 12.0. The summed E-state index contributed by atoms with van der Waals surface area (Å²) in [7, 11) is -2.37. The molecule has 0 radical (unpaired) electrons. The lowest BCUT2D eigenvalue weighted by molar-refractivity contribution is 0.0975. The highest BCUT2D eigenvalue weighted by atomic mass is 32.2. The SMILES string of the molecule is COCCS(=O)(=O)NC(=O)c1nc(-c2cccs2)oc1C. The van der Waals surface area contributed by atoms with Crippen LogP contribution in [0.4, 0.5) is 0 Å². The van der Waals surface area contributed by atoms with Crippen molar-refractivity contribution in [3.8, 4) is 10.8 Å². The van der Waals surface area contributed by atoms with E-state index in [0.29, 0.717) is 5.89 Å². The molecular formula is C12H14N2O5S2. The van der Waals surface area contributed by atoms with E-state index in [4.69, 9.17) is 4.42 Å². The number of hydrogen-bond donors (Lipinski definition) is 1. The van der Waals surface area contributed by atoms with Gasteiger partial charge in [-0.3, -0.25) is 4.79 Å². The zero-order valence-corrected chi connectivity index (χ0v) is 13.1. The minimum Gasteiger partial charge on any atom is -0.440 e. The van der Waals surface area contributed by atoms with Gasteiger partial charge in [-0.1, -0.05) is 6.07 Å². The second-order valence-corrected chi connectivity index (χ2v) is 6.93. The van der Waals surface area contributed by atoms with Gasteiger partial charge in [0, 0.05) is 7.11 Å². The minimum absolute atomic E-state index is 0.000850. The Balaban J connectivity index is 2.17. The first-order valence-electron chi connectivity index (χ1n) is 5.98. The van der Waals surface area contributed by atoms with Crippen molar-refractivity contribution < 1.29 is 22.4 Å². The van der Waals surface area contributed by atoms with Crippen LogP contribution in [0.15, 0.2) is 21.9 Å². The number of thiophene rings is 1. The number of amides is 1. The molecular weight excluding hydrogens is 316 g/mol. The molecule has 0 saturated carbocycles. The zero-order chi connectivity index (χ0) is 15.5. The number of sulfonamides is 1. The largest absolute Gasteiger partial charge is 0.440 e. The van der Waals surface area contributed by atoms with Gasteiger partial charge in [-0.2, -0.15) is 0 Å². The fraction of sp³-hybridized carbons (Fsp3) is 0.333. The summed E-state index contributed by atoms with van der Waals surface area (Å²) in [4.78, 5) is 16.8. The number of aryl methyl sites for hydroxylation is 1. The van der Waals surface area contributed by atoms with E-state index in [2.05, 4.69) is 9.72 Å². The third kappa shape index (κ3) is 3.90. The van der Waals surface area contributed by atoms with Crippen molar-refractivity contribution in [1.29, 1.82) is 0 Å². The van der Waals surface area contributed by atoms with Crippen LogP contribution in [0, 0.1) is 6.92 Å². The van der Waals surface area contributed by atoms with Crippen molar-refractivity contribution >= 4 is 27.3 Å². The molecule has 7 nitrogen and oxygen atoms in total. The second kappa shape index (κ2) is 6.37. The first kappa shape index (κ1) is 15.7. The number of carbonyl (C=O) groups excluding carboxylic acids is 1. The van der Waals surface area contributed by atoms with E-state index in [-0.39, 0.29) is 23.8 Å². The minimum atomic E-state index is -3.76. The van der Waals surface area contributed by atoms with E-state index in [1.54, 1.807) is 13.0 Å². The Hall–Kier alpha value is -1.71.